The van der Waals surface area contributed by atoms with Crippen molar-refractivity contribution in [2.75, 3.05) is 18.5 Å². The van der Waals surface area contributed by atoms with Crippen LogP contribution in [0.1, 0.15) is 43.0 Å². The van der Waals surface area contributed by atoms with Crippen molar-refractivity contribution in [3.63, 3.8) is 0 Å². The average molecular weight is 353 g/mol. The topological polar surface area (TPSA) is 47.6 Å². The van der Waals surface area contributed by atoms with Gasteiger partial charge in [0.25, 0.3) is 5.91 Å². The van der Waals surface area contributed by atoms with Gasteiger partial charge in [-0.05, 0) is 55.0 Å². The molecule has 0 unspecified atom stereocenters. The van der Waals surface area contributed by atoms with Crippen LogP contribution in [0.2, 0.25) is 0 Å². The second kappa shape index (κ2) is 11.0. The largest absolute Gasteiger partial charge is 0.494 e. The van der Waals surface area contributed by atoms with Crippen LogP contribution in [0, 0.1) is 0 Å². The third kappa shape index (κ3) is 6.63. The van der Waals surface area contributed by atoms with E-state index in [-0.39, 0.29) is 5.91 Å². The summed E-state index contributed by atoms with van der Waals surface area (Å²) in [5.41, 5.74) is 1.31. The minimum Gasteiger partial charge on any atom is -0.494 e. The van der Waals surface area contributed by atoms with Gasteiger partial charge in [-0.25, -0.2) is 0 Å². The van der Waals surface area contributed by atoms with Crippen molar-refractivity contribution in [1.29, 1.82) is 0 Å². The Kier molecular flexibility index (Phi) is 8.27. The lowest BCUT2D eigenvalue weighted by Crippen LogP contribution is -2.11. The lowest BCUT2D eigenvalue weighted by molar-refractivity contribution is 0.102. The van der Waals surface area contributed by atoms with Crippen LogP contribution in [-0.4, -0.2) is 19.1 Å². The summed E-state index contributed by atoms with van der Waals surface area (Å²) in [5, 5.41) is 2.87. The van der Waals surface area contributed by atoms with Gasteiger partial charge in [-0.1, -0.05) is 38.8 Å². The fourth-order valence-corrected chi connectivity index (χ4v) is 2.41. The zero-order valence-electron chi connectivity index (χ0n) is 15.4. The molecule has 1 N–H and O–H groups in total. The zero-order valence-corrected chi connectivity index (χ0v) is 15.4. The maximum absolute atomic E-state index is 12.3. The van der Waals surface area contributed by atoms with Gasteiger partial charge in [0.1, 0.15) is 18.1 Å². The van der Waals surface area contributed by atoms with E-state index in [1.807, 2.05) is 36.4 Å². The Labute approximate surface area is 155 Å². The number of amides is 1. The van der Waals surface area contributed by atoms with Crippen molar-refractivity contribution in [3.8, 4) is 11.5 Å². The van der Waals surface area contributed by atoms with E-state index in [0.717, 1.165) is 23.6 Å². The number of unbranched alkanes of at least 4 members (excludes halogenated alkanes) is 3. The molecule has 0 heterocycles. The summed E-state index contributed by atoms with van der Waals surface area (Å²) in [7, 11) is 0. The van der Waals surface area contributed by atoms with E-state index < -0.39 is 0 Å². The highest BCUT2D eigenvalue weighted by molar-refractivity contribution is 6.04. The molecule has 0 aliphatic heterocycles. The lowest BCUT2D eigenvalue weighted by atomic mass is 10.2. The van der Waals surface area contributed by atoms with E-state index >= 15 is 0 Å². The van der Waals surface area contributed by atoms with Crippen LogP contribution >= 0.6 is 0 Å². The van der Waals surface area contributed by atoms with E-state index in [9.17, 15) is 4.79 Å². The van der Waals surface area contributed by atoms with Crippen molar-refractivity contribution in [2.45, 2.75) is 32.6 Å². The molecule has 2 aromatic rings. The predicted octanol–water partition coefficient (Wildman–Crippen LogP) is 5.46. The number of hydrogen-bond acceptors (Lipinski definition) is 3. The smallest absolute Gasteiger partial charge is 0.255 e. The summed E-state index contributed by atoms with van der Waals surface area (Å²) in [6, 6.07) is 14.5. The molecule has 0 radical (unpaired) electrons. The standard InChI is InChI=1S/C22H27NO3/c1-3-5-6-7-17-26-20-12-8-18(9-13-20)22(24)23-19-10-14-21(15-11-19)25-16-4-2/h4,8-15H,2-3,5-7,16-17H2,1H3,(H,23,24). The summed E-state index contributed by atoms with van der Waals surface area (Å²) in [6.07, 6.45) is 6.39. The Hall–Kier alpha value is -2.75. The highest BCUT2D eigenvalue weighted by Gasteiger charge is 2.06. The van der Waals surface area contributed by atoms with Crippen LogP contribution in [0.3, 0.4) is 0 Å². The third-order valence-electron chi connectivity index (χ3n) is 3.86. The van der Waals surface area contributed by atoms with E-state index in [1.54, 1.807) is 18.2 Å². The van der Waals surface area contributed by atoms with Gasteiger partial charge in [-0.2, -0.15) is 0 Å². The third-order valence-corrected chi connectivity index (χ3v) is 3.86. The van der Waals surface area contributed by atoms with Gasteiger partial charge >= 0.3 is 0 Å². The van der Waals surface area contributed by atoms with Crippen LogP contribution in [0.4, 0.5) is 5.69 Å². The van der Waals surface area contributed by atoms with Crippen molar-refractivity contribution in [1.82, 2.24) is 0 Å². The maximum atomic E-state index is 12.3. The number of benzene rings is 2. The second-order valence-corrected chi connectivity index (χ2v) is 6.01. The van der Waals surface area contributed by atoms with Gasteiger partial charge < -0.3 is 14.8 Å². The normalized spacial score (nSPS) is 10.2. The van der Waals surface area contributed by atoms with Gasteiger partial charge in [0.2, 0.25) is 0 Å². The summed E-state index contributed by atoms with van der Waals surface area (Å²) in [5.74, 6) is 1.38. The SMILES string of the molecule is C=CCOc1ccc(NC(=O)c2ccc(OCCCCCC)cc2)cc1. The van der Waals surface area contributed by atoms with E-state index in [2.05, 4.69) is 18.8 Å². The Morgan fingerprint density at radius 2 is 1.62 bits per heavy atom. The van der Waals surface area contributed by atoms with Crippen molar-refractivity contribution in [3.05, 3.63) is 66.7 Å². The number of nitrogens with one attached hydrogen (secondary N) is 1. The quantitative estimate of drug-likeness (QED) is 0.431. The number of anilines is 1. The van der Waals surface area contributed by atoms with Crippen LogP contribution in [0.5, 0.6) is 11.5 Å². The van der Waals surface area contributed by atoms with Crippen LogP contribution in [0.25, 0.3) is 0 Å². The first-order valence-electron chi connectivity index (χ1n) is 9.11. The molecular weight excluding hydrogens is 326 g/mol. The average Bonchev–Trinajstić information content (AvgIpc) is 2.68. The van der Waals surface area contributed by atoms with Gasteiger partial charge in [0.05, 0.1) is 6.61 Å². The molecule has 0 saturated heterocycles. The van der Waals surface area contributed by atoms with Crippen LogP contribution in [-0.2, 0) is 0 Å². The Morgan fingerprint density at radius 3 is 2.27 bits per heavy atom. The van der Waals surface area contributed by atoms with Gasteiger partial charge in [-0.3, -0.25) is 4.79 Å². The van der Waals surface area contributed by atoms with Gasteiger partial charge in [-0.15, -0.1) is 0 Å². The highest BCUT2D eigenvalue weighted by Crippen LogP contribution is 2.18. The molecule has 4 heteroatoms. The lowest BCUT2D eigenvalue weighted by Gasteiger charge is -2.09. The fourth-order valence-electron chi connectivity index (χ4n) is 2.41. The predicted molar refractivity (Wildman–Crippen MR) is 106 cm³/mol. The Morgan fingerprint density at radius 1 is 0.962 bits per heavy atom. The van der Waals surface area contributed by atoms with Gasteiger partial charge in [0, 0.05) is 11.3 Å². The molecule has 138 valence electrons. The molecule has 0 aliphatic rings. The van der Waals surface area contributed by atoms with E-state index in [1.165, 1.54) is 19.3 Å². The first-order chi connectivity index (χ1) is 12.7. The van der Waals surface area contributed by atoms with E-state index in [4.69, 9.17) is 9.47 Å². The number of rotatable bonds is 11. The molecule has 2 aromatic carbocycles. The van der Waals surface area contributed by atoms with Crippen molar-refractivity contribution >= 4 is 11.6 Å². The molecular formula is C22H27NO3. The molecule has 0 aromatic heterocycles. The Balaban J connectivity index is 1.82. The second-order valence-electron chi connectivity index (χ2n) is 6.01. The molecule has 2 rings (SSSR count). The van der Waals surface area contributed by atoms with Crippen molar-refractivity contribution < 1.29 is 14.3 Å². The number of carbonyl (C=O) groups excluding carboxylic acids is 1. The highest BCUT2D eigenvalue weighted by atomic mass is 16.5. The summed E-state index contributed by atoms with van der Waals surface area (Å²) in [4.78, 5) is 12.3. The summed E-state index contributed by atoms with van der Waals surface area (Å²) in [6.45, 7) is 6.97. The zero-order chi connectivity index (χ0) is 18.6. The van der Waals surface area contributed by atoms with Crippen LogP contribution < -0.4 is 14.8 Å². The first kappa shape index (κ1) is 19.6. The molecule has 26 heavy (non-hydrogen) atoms. The fraction of sp³-hybridized carbons (Fsp3) is 0.318. The molecule has 4 nitrogen and oxygen atoms in total. The molecule has 0 bridgehead atoms. The monoisotopic (exact) mass is 353 g/mol. The number of ether oxygens (including phenoxy) is 2. The van der Waals surface area contributed by atoms with Crippen molar-refractivity contribution in [2.24, 2.45) is 0 Å². The van der Waals surface area contributed by atoms with Crippen LogP contribution in [0.15, 0.2) is 61.2 Å². The minimum absolute atomic E-state index is 0.153. The maximum Gasteiger partial charge on any atom is 0.255 e. The molecule has 0 saturated carbocycles. The molecule has 0 fully saturated rings. The Bertz CT molecular complexity index is 678. The first-order valence-corrected chi connectivity index (χ1v) is 9.11. The number of carbonyl (C=O) groups is 1. The molecule has 0 atom stereocenters. The molecule has 0 spiro atoms. The van der Waals surface area contributed by atoms with E-state index in [0.29, 0.717) is 18.8 Å². The minimum atomic E-state index is -0.153. The molecule has 1 amide bonds. The summed E-state index contributed by atoms with van der Waals surface area (Å²) < 4.78 is 11.1. The number of hydrogen-bond donors (Lipinski definition) is 1. The van der Waals surface area contributed by atoms with Gasteiger partial charge in [0.15, 0.2) is 0 Å². The summed E-state index contributed by atoms with van der Waals surface area (Å²) >= 11 is 0. The molecule has 0 aliphatic carbocycles.